The standard InChI is InChI=1S/C18H29BrN4O2/c1-4-20-18(21-10-6-12-25-5-2)22-11-9-17(24)23-16-13-15(19)8-7-14(16)3/h7-8,13H,4-6,9-12H2,1-3H3,(H,23,24)(H2,20,21,22). The number of amides is 1. The van der Waals surface area contributed by atoms with E-state index in [1.807, 2.05) is 39.0 Å². The molecule has 0 fully saturated rings. The molecule has 0 bridgehead atoms. The van der Waals surface area contributed by atoms with Crippen molar-refractivity contribution >= 4 is 33.5 Å². The molecule has 0 aliphatic rings. The summed E-state index contributed by atoms with van der Waals surface area (Å²) in [5.74, 6) is 0.700. The van der Waals surface area contributed by atoms with Gasteiger partial charge in [-0.05, 0) is 44.9 Å². The number of hydrogen-bond donors (Lipinski definition) is 3. The Kier molecular flexibility index (Phi) is 10.9. The molecule has 1 rings (SSSR count). The van der Waals surface area contributed by atoms with Crippen LogP contribution >= 0.6 is 15.9 Å². The van der Waals surface area contributed by atoms with E-state index < -0.39 is 0 Å². The number of carbonyl (C=O) groups excluding carboxylic acids is 1. The van der Waals surface area contributed by atoms with Crippen LogP contribution in [-0.4, -0.2) is 44.7 Å². The fourth-order valence-electron chi connectivity index (χ4n) is 2.08. The molecule has 140 valence electrons. The molecular formula is C18H29BrN4O2. The van der Waals surface area contributed by atoms with E-state index in [4.69, 9.17) is 4.74 Å². The topological polar surface area (TPSA) is 74.8 Å². The van der Waals surface area contributed by atoms with E-state index in [0.29, 0.717) is 26.1 Å². The van der Waals surface area contributed by atoms with Gasteiger partial charge in [-0.25, -0.2) is 0 Å². The highest BCUT2D eigenvalue weighted by molar-refractivity contribution is 9.10. The van der Waals surface area contributed by atoms with E-state index in [0.717, 1.165) is 41.3 Å². The molecule has 0 spiro atoms. The molecule has 6 nitrogen and oxygen atoms in total. The van der Waals surface area contributed by atoms with Crippen molar-refractivity contribution in [1.82, 2.24) is 10.6 Å². The van der Waals surface area contributed by atoms with Gasteiger partial charge >= 0.3 is 0 Å². The number of hydrogen-bond acceptors (Lipinski definition) is 3. The molecule has 1 aromatic carbocycles. The van der Waals surface area contributed by atoms with Crippen LogP contribution in [0.1, 0.15) is 32.3 Å². The molecule has 1 aromatic rings. The Morgan fingerprint density at radius 3 is 2.80 bits per heavy atom. The van der Waals surface area contributed by atoms with E-state index in [9.17, 15) is 4.79 Å². The first-order chi connectivity index (χ1) is 12.1. The van der Waals surface area contributed by atoms with Crippen LogP contribution in [0, 0.1) is 6.92 Å². The van der Waals surface area contributed by atoms with Crippen LogP contribution in [0.2, 0.25) is 0 Å². The fourth-order valence-corrected chi connectivity index (χ4v) is 2.44. The van der Waals surface area contributed by atoms with Crippen molar-refractivity contribution in [3.8, 4) is 0 Å². The SMILES string of the molecule is CCNC(=NCCCOCC)NCCC(=O)Nc1cc(Br)ccc1C. The van der Waals surface area contributed by atoms with Gasteiger partial charge in [-0.3, -0.25) is 9.79 Å². The minimum atomic E-state index is -0.0269. The number of nitrogens with one attached hydrogen (secondary N) is 3. The van der Waals surface area contributed by atoms with Crippen LogP contribution in [0.5, 0.6) is 0 Å². The molecule has 0 atom stereocenters. The second kappa shape index (κ2) is 12.7. The van der Waals surface area contributed by atoms with Gasteiger partial charge in [-0.1, -0.05) is 22.0 Å². The molecule has 1 amide bonds. The van der Waals surface area contributed by atoms with Crippen molar-refractivity contribution in [3.63, 3.8) is 0 Å². The molecule has 0 aliphatic heterocycles. The lowest BCUT2D eigenvalue weighted by Crippen LogP contribution is -2.38. The van der Waals surface area contributed by atoms with Gasteiger partial charge in [0.1, 0.15) is 0 Å². The zero-order valence-electron chi connectivity index (χ0n) is 15.3. The van der Waals surface area contributed by atoms with Gasteiger partial charge in [0.25, 0.3) is 0 Å². The maximum Gasteiger partial charge on any atom is 0.226 e. The van der Waals surface area contributed by atoms with Gasteiger partial charge in [0.2, 0.25) is 5.91 Å². The Morgan fingerprint density at radius 2 is 2.08 bits per heavy atom. The number of nitrogens with zero attached hydrogens (tertiary/aromatic N) is 1. The van der Waals surface area contributed by atoms with Crippen LogP contribution in [0.3, 0.4) is 0 Å². The van der Waals surface area contributed by atoms with E-state index in [1.165, 1.54) is 0 Å². The van der Waals surface area contributed by atoms with Gasteiger partial charge in [0, 0.05) is 49.4 Å². The normalized spacial score (nSPS) is 11.3. The highest BCUT2D eigenvalue weighted by Crippen LogP contribution is 2.20. The molecule has 0 unspecified atom stereocenters. The predicted molar refractivity (Wildman–Crippen MR) is 107 cm³/mol. The molecule has 0 radical (unpaired) electrons. The van der Waals surface area contributed by atoms with Crippen LogP contribution in [0.4, 0.5) is 5.69 Å². The van der Waals surface area contributed by atoms with Gasteiger partial charge in [0.15, 0.2) is 5.96 Å². The molecule has 25 heavy (non-hydrogen) atoms. The molecule has 0 aliphatic carbocycles. The van der Waals surface area contributed by atoms with Gasteiger partial charge in [-0.15, -0.1) is 0 Å². The Labute approximate surface area is 158 Å². The Bertz CT molecular complexity index is 564. The minimum absolute atomic E-state index is 0.0269. The summed E-state index contributed by atoms with van der Waals surface area (Å²) in [5.41, 5.74) is 1.87. The van der Waals surface area contributed by atoms with Crippen LogP contribution < -0.4 is 16.0 Å². The quantitative estimate of drug-likeness (QED) is 0.313. The van der Waals surface area contributed by atoms with Gasteiger partial charge in [-0.2, -0.15) is 0 Å². The summed E-state index contributed by atoms with van der Waals surface area (Å²) in [6.07, 6.45) is 1.25. The molecule has 0 heterocycles. The highest BCUT2D eigenvalue weighted by Gasteiger charge is 2.06. The second-order valence-corrected chi connectivity index (χ2v) is 6.41. The molecule has 0 aromatic heterocycles. The number of benzene rings is 1. The van der Waals surface area contributed by atoms with E-state index in [-0.39, 0.29) is 5.91 Å². The summed E-state index contributed by atoms with van der Waals surface area (Å²) >= 11 is 3.42. The summed E-state index contributed by atoms with van der Waals surface area (Å²) in [7, 11) is 0. The lowest BCUT2D eigenvalue weighted by atomic mass is 10.2. The number of rotatable bonds is 10. The third-order valence-electron chi connectivity index (χ3n) is 3.38. The average Bonchev–Trinajstić information content (AvgIpc) is 2.58. The first-order valence-corrected chi connectivity index (χ1v) is 9.52. The summed E-state index contributed by atoms with van der Waals surface area (Å²) in [5, 5.41) is 9.29. The highest BCUT2D eigenvalue weighted by atomic mass is 79.9. The van der Waals surface area contributed by atoms with Crippen molar-refractivity contribution in [2.45, 2.75) is 33.6 Å². The lowest BCUT2D eigenvalue weighted by molar-refractivity contribution is -0.116. The summed E-state index contributed by atoms with van der Waals surface area (Å²) in [6.45, 7) is 9.41. The summed E-state index contributed by atoms with van der Waals surface area (Å²) < 4.78 is 6.24. The third kappa shape index (κ3) is 9.45. The zero-order chi connectivity index (χ0) is 18.5. The van der Waals surface area contributed by atoms with Crippen molar-refractivity contribution < 1.29 is 9.53 Å². The summed E-state index contributed by atoms with van der Waals surface area (Å²) in [6, 6.07) is 5.83. The number of guanidine groups is 1. The lowest BCUT2D eigenvalue weighted by Gasteiger charge is -2.12. The molecule has 7 heteroatoms. The Hall–Kier alpha value is -1.60. The Morgan fingerprint density at radius 1 is 1.28 bits per heavy atom. The van der Waals surface area contributed by atoms with E-state index in [2.05, 4.69) is 36.9 Å². The fraction of sp³-hybridized carbons (Fsp3) is 0.556. The zero-order valence-corrected chi connectivity index (χ0v) is 16.9. The van der Waals surface area contributed by atoms with Gasteiger partial charge in [0.05, 0.1) is 0 Å². The number of anilines is 1. The molecular weight excluding hydrogens is 384 g/mol. The molecule has 0 saturated carbocycles. The monoisotopic (exact) mass is 412 g/mol. The third-order valence-corrected chi connectivity index (χ3v) is 3.88. The van der Waals surface area contributed by atoms with Crippen LogP contribution in [0.25, 0.3) is 0 Å². The first kappa shape index (κ1) is 21.4. The van der Waals surface area contributed by atoms with Crippen molar-refractivity contribution in [2.24, 2.45) is 4.99 Å². The summed E-state index contributed by atoms with van der Waals surface area (Å²) in [4.78, 5) is 16.6. The predicted octanol–water partition coefficient (Wildman–Crippen LogP) is 3.07. The number of ether oxygens (including phenoxy) is 1. The number of aryl methyl sites for hydroxylation is 1. The smallest absolute Gasteiger partial charge is 0.226 e. The molecule has 0 saturated heterocycles. The van der Waals surface area contributed by atoms with E-state index in [1.54, 1.807) is 0 Å². The maximum atomic E-state index is 12.1. The van der Waals surface area contributed by atoms with Crippen molar-refractivity contribution in [3.05, 3.63) is 28.2 Å². The Balaban J connectivity index is 2.37. The van der Waals surface area contributed by atoms with E-state index >= 15 is 0 Å². The van der Waals surface area contributed by atoms with Gasteiger partial charge < -0.3 is 20.7 Å². The number of aliphatic imine (C=N–C) groups is 1. The second-order valence-electron chi connectivity index (χ2n) is 5.50. The average molecular weight is 413 g/mol. The molecule has 3 N–H and O–H groups in total. The first-order valence-electron chi connectivity index (χ1n) is 8.72. The van der Waals surface area contributed by atoms with Crippen LogP contribution in [-0.2, 0) is 9.53 Å². The number of halogens is 1. The largest absolute Gasteiger partial charge is 0.382 e. The van der Waals surface area contributed by atoms with Crippen molar-refractivity contribution in [2.75, 3.05) is 38.2 Å². The maximum absolute atomic E-state index is 12.1. The van der Waals surface area contributed by atoms with Crippen molar-refractivity contribution in [1.29, 1.82) is 0 Å². The van der Waals surface area contributed by atoms with Crippen LogP contribution in [0.15, 0.2) is 27.7 Å². The number of carbonyl (C=O) groups is 1. The minimum Gasteiger partial charge on any atom is -0.382 e.